The van der Waals surface area contributed by atoms with Crippen LogP contribution in [0.25, 0.3) is 0 Å². The van der Waals surface area contributed by atoms with Crippen LogP contribution in [-0.2, 0) is 5.41 Å². The van der Waals surface area contributed by atoms with E-state index in [2.05, 4.69) is 25.5 Å². The summed E-state index contributed by atoms with van der Waals surface area (Å²) < 4.78 is 0. The van der Waals surface area contributed by atoms with E-state index in [1.54, 1.807) is 6.07 Å². The van der Waals surface area contributed by atoms with Crippen LogP contribution in [0.15, 0.2) is 16.9 Å². The number of nitrogens with zero attached hydrogens (tertiary/aromatic N) is 2. The molecule has 22 heavy (non-hydrogen) atoms. The quantitative estimate of drug-likeness (QED) is 0.805. The van der Waals surface area contributed by atoms with Gasteiger partial charge in [-0.2, -0.15) is 5.10 Å². The normalized spacial score (nSPS) is 14.9. The topological polar surface area (TPSA) is 104 Å². The lowest BCUT2D eigenvalue weighted by Crippen LogP contribution is -2.20. The molecule has 3 rings (SSSR count). The Morgan fingerprint density at radius 1 is 1.32 bits per heavy atom. The fourth-order valence-corrected chi connectivity index (χ4v) is 2.09. The summed E-state index contributed by atoms with van der Waals surface area (Å²) in [6, 6.07) is 2.99. The third-order valence-electron chi connectivity index (χ3n) is 3.58. The molecule has 2 aromatic rings. The molecule has 1 aliphatic rings. The standard InChI is InChI=1S/C15H19N5O2/c1-15(2,3)10-7-11(20-19-10)17-14(22)9-6-12(21)18-13(16-9)8-4-5-8/h6-8H,4-5H2,1-3H3,(H,16,18,21)(H2,17,19,20,22). The molecule has 0 aliphatic heterocycles. The number of carbonyl (C=O) groups excluding carboxylic acids is 1. The van der Waals surface area contributed by atoms with E-state index in [1.165, 1.54) is 6.07 Å². The zero-order valence-electron chi connectivity index (χ0n) is 12.9. The highest BCUT2D eigenvalue weighted by molar-refractivity contribution is 6.02. The first kappa shape index (κ1) is 14.5. The predicted molar refractivity (Wildman–Crippen MR) is 82.1 cm³/mol. The van der Waals surface area contributed by atoms with Crippen LogP contribution in [0.3, 0.4) is 0 Å². The van der Waals surface area contributed by atoms with Crippen molar-refractivity contribution in [2.75, 3.05) is 5.32 Å². The molecule has 7 heteroatoms. The van der Waals surface area contributed by atoms with E-state index in [0.29, 0.717) is 11.6 Å². The molecule has 0 aromatic carbocycles. The zero-order valence-corrected chi connectivity index (χ0v) is 12.9. The number of hydrogen-bond acceptors (Lipinski definition) is 4. The van der Waals surface area contributed by atoms with Crippen LogP contribution < -0.4 is 10.9 Å². The van der Waals surface area contributed by atoms with Crippen LogP contribution in [-0.4, -0.2) is 26.1 Å². The van der Waals surface area contributed by atoms with Gasteiger partial charge in [-0.1, -0.05) is 20.8 Å². The van der Waals surface area contributed by atoms with Crippen LogP contribution in [0, 0.1) is 0 Å². The van der Waals surface area contributed by atoms with Crippen molar-refractivity contribution in [2.45, 2.75) is 44.9 Å². The number of nitrogens with one attached hydrogen (secondary N) is 3. The van der Waals surface area contributed by atoms with E-state index >= 15 is 0 Å². The van der Waals surface area contributed by atoms with Crippen LogP contribution >= 0.6 is 0 Å². The third-order valence-corrected chi connectivity index (χ3v) is 3.58. The molecule has 0 bridgehead atoms. The lowest BCUT2D eigenvalue weighted by Gasteiger charge is -2.14. The van der Waals surface area contributed by atoms with Gasteiger partial charge in [0.2, 0.25) is 0 Å². The third kappa shape index (κ3) is 3.08. The summed E-state index contributed by atoms with van der Waals surface area (Å²) in [5.41, 5.74) is 0.642. The van der Waals surface area contributed by atoms with Crippen molar-refractivity contribution >= 4 is 11.7 Å². The van der Waals surface area contributed by atoms with Crippen LogP contribution in [0.5, 0.6) is 0 Å². The minimum absolute atomic E-state index is 0.0860. The molecule has 1 fully saturated rings. The number of carbonyl (C=O) groups is 1. The fraction of sp³-hybridized carbons (Fsp3) is 0.467. The molecule has 0 radical (unpaired) electrons. The Balaban J connectivity index is 1.80. The number of aromatic nitrogens is 4. The Hall–Kier alpha value is -2.44. The van der Waals surface area contributed by atoms with E-state index < -0.39 is 5.91 Å². The number of aromatic amines is 2. The predicted octanol–water partition coefficient (Wildman–Crippen LogP) is 1.92. The van der Waals surface area contributed by atoms with Crippen molar-refractivity contribution in [1.29, 1.82) is 0 Å². The largest absolute Gasteiger partial charge is 0.310 e. The van der Waals surface area contributed by atoms with Gasteiger partial charge in [-0.25, -0.2) is 4.98 Å². The molecule has 0 atom stereocenters. The monoisotopic (exact) mass is 301 g/mol. The Bertz CT molecular complexity index is 765. The Labute approximate surface area is 127 Å². The van der Waals surface area contributed by atoms with Gasteiger partial charge in [-0.3, -0.25) is 14.7 Å². The van der Waals surface area contributed by atoms with Gasteiger partial charge in [-0.15, -0.1) is 0 Å². The molecule has 1 saturated carbocycles. The number of hydrogen-bond donors (Lipinski definition) is 3. The summed E-state index contributed by atoms with van der Waals surface area (Å²) in [5, 5.41) is 9.64. The number of rotatable bonds is 3. The summed E-state index contributed by atoms with van der Waals surface area (Å²) in [6.07, 6.45) is 2.00. The summed E-state index contributed by atoms with van der Waals surface area (Å²) in [7, 11) is 0. The van der Waals surface area contributed by atoms with Crippen LogP contribution in [0.1, 0.15) is 61.5 Å². The number of amides is 1. The minimum Gasteiger partial charge on any atom is -0.310 e. The highest BCUT2D eigenvalue weighted by atomic mass is 16.2. The molecule has 116 valence electrons. The molecule has 0 spiro atoms. The van der Waals surface area contributed by atoms with Gasteiger partial charge in [0.05, 0.1) is 0 Å². The van der Waals surface area contributed by atoms with E-state index in [0.717, 1.165) is 18.5 Å². The molecule has 3 N–H and O–H groups in total. The van der Waals surface area contributed by atoms with Crippen LogP contribution in [0.2, 0.25) is 0 Å². The summed E-state index contributed by atoms with van der Waals surface area (Å²) in [6.45, 7) is 6.14. The zero-order chi connectivity index (χ0) is 15.9. The molecule has 2 aromatic heterocycles. The second kappa shape index (κ2) is 5.08. The van der Waals surface area contributed by atoms with Gasteiger partial charge in [0.1, 0.15) is 11.5 Å². The fourth-order valence-electron chi connectivity index (χ4n) is 2.09. The van der Waals surface area contributed by atoms with Gasteiger partial charge in [0.15, 0.2) is 5.82 Å². The molecular formula is C15H19N5O2. The highest BCUT2D eigenvalue weighted by Crippen LogP contribution is 2.37. The molecule has 2 heterocycles. The van der Waals surface area contributed by atoms with Crippen molar-refractivity contribution in [2.24, 2.45) is 0 Å². The lowest BCUT2D eigenvalue weighted by molar-refractivity contribution is 0.102. The maximum absolute atomic E-state index is 12.2. The van der Waals surface area contributed by atoms with E-state index in [1.807, 2.05) is 20.8 Å². The second-order valence-corrected chi connectivity index (χ2v) is 6.66. The van der Waals surface area contributed by atoms with E-state index in [-0.39, 0.29) is 22.6 Å². The maximum atomic E-state index is 12.2. The second-order valence-electron chi connectivity index (χ2n) is 6.66. The highest BCUT2D eigenvalue weighted by Gasteiger charge is 2.27. The van der Waals surface area contributed by atoms with Crippen molar-refractivity contribution in [1.82, 2.24) is 20.2 Å². The van der Waals surface area contributed by atoms with Gasteiger partial charge >= 0.3 is 0 Å². The molecule has 1 amide bonds. The Kier molecular flexibility index (Phi) is 3.35. The first-order chi connectivity index (χ1) is 10.3. The first-order valence-electron chi connectivity index (χ1n) is 7.31. The van der Waals surface area contributed by atoms with E-state index in [9.17, 15) is 9.59 Å². The summed E-state index contributed by atoms with van der Waals surface area (Å²) >= 11 is 0. The molecule has 1 aliphatic carbocycles. The average Bonchev–Trinajstić information content (AvgIpc) is 3.17. The first-order valence-corrected chi connectivity index (χ1v) is 7.31. The molecule has 0 saturated heterocycles. The van der Waals surface area contributed by atoms with Crippen molar-refractivity contribution in [3.8, 4) is 0 Å². The number of anilines is 1. The minimum atomic E-state index is -0.431. The van der Waals surface area contributed by atoms with Gasteiger partial charge in [0.25, 0.3) is 11.5 Å². The average molecular weight is 301 g/mol. The Morgan fingerprint density at radius 2 is 2.05 bits per heavy atom. The smallest absolute Gasteiger partial charge is 0.275 e. The molecular weight excluding hydrogens is 282 g/mol. The lowest BCUT2D eigenvalue weighted by atomic mass is 9.92. The molecule has 7 nitrogen and oxygen atoms in total. The Morgan fingerprint density at radius 3 is 2.64 bits per heavy atom. The van der Waals surface area contributed by atoms with E-state index in [4.69, 9.17) is 0 Å². The number of H-pyrrole nitrogens is 2. The van der Waals surface area contributed by atoms with Crippen molar-refractivity contribution < 1.29 is 4.79 Å². The molecule has 0 unspecified atom stereocenters. The SMILES string of the molecule is CC(C)(C)c1cc(NC(=O)c2cc(=O)[nH]c(C3CC3)n2)n[nH]1. The maximum Gasteiger partial charge on any atom is 0.275 e. The summed E-state index contributed by atoms with van der Waals surface area (Å²) in [5.74, 6) is 0.860. The summed E-state index contributed by atoms with van der Waals surface area (Å²) in [4.78, 5) is 30.8. The van der Waals surface area contributed by atoms with Gasteiger partial charge in [0, 0.05) is 29.2 Å². The van der Waals surface area contributed by atoms with Crippen molar-refractivity contribution in [3.63, 3.8) is 0 Å². The van der Waals surface area contributed by atoms with Crippen LogP contribution in [0.4, 0.5) is 5.82 Å². The van der Waals surface area contributed by atoms with Crippen molar-refractivity contribution in [3.05, 3.63) is 39.7 Å². The van der Waals surface area contributed by atoms with Gasteiger partial charge < -0.3 is 10.3 Å². The van der Waals surface area contributed by atoms with Gasteiger partial charge in [-0.05, 0) is 12.8 Å².